The Balaban J connectivity index is 2.09. The van der Waals surface area contributed by atoms with Crippen LogP contribution in [0.4, 0.5) is 0 Å². The predicted molar refractivity (Wildman–Crippen MR) is 91.6 cm³/mol. The van der Waals surface area contributed by atoms with Gasteiger partial charge in [0.2, 0.25) is 0 Å². The second-order valence-electron chi connectivity index (χ2n) is 4.65. The molecule has 19 heavy (non-hydrogen) atoms. The highest BCUT2D eigenvalue weighted by Gasteiger charge is 2.25. The fraction of sp³-hybridized carbons (Fsp3) is 0.250. The molecule has 2 aromatic carbocycles. The number of alkyl halides is 1. The van der Waals surface area contributed by atoms with Gasteiger partial charge in [-0.2, -0.15) is 0 Å². The molecule has 100 valence electrons. The summed E-state index contributed by atoms with van der Waals surface area (Å²) in [5, 5.41) is 0. The van der Waals surface area contributed by atoms with Crippen molar-refractivity contribution >= 4 is 38.5 Å². The van der Waals surface area contributed by atoms with Crippen molar-refractivity contribution in [1.29, 1.82) is 0 Å². The summed E-state index contributed by atoms with van der Waals surface area (Å²) >= 11 is 5.83. The van der Waals surface area contributed by atoms with E-state index in [4.69, 9.17) is 4.74 Å². The van der Waals surface area contributed by atoms with E-state index in [0.717, 1.165) is 8.90 Å². The van der Waals surface area contributed by atoms with Crippen LogP contribution in [0.2, 0.25) is 0 Å². The number of benzene rings is 2. The zero-order valence-electron chi connectivity index (χ0n) is 10.8. The topological polar surface area (TPSA) is 9.23 Å². The largest absolute Gasteiger partial charge is 0.365 e. The average molecular weight is 431 g/mol. The van der Waals surface area contributed by atoms with E-state index >= 15 is 0 Å². The third-order valence-electron chi connectivity index (χ3n) is 3.11. The number of halogens is 2. The van der Waals surface area contributed by atoms with Crippen LogP contribution in [0.1, 0.15) is 18.1 Å². The van der Waals surface area contributed by atoms with Gasteiger partial charge in [-0.25, -0.2) is 0 Å². The Bertz CT molecular complexity index is 512. The standard InChI is InChI=1S/C16H16BrIO/c1-16(12-18,14-5-3-2-4-6-14)19-11-13-7-9-15(17)10-8-13/h2-10H,11-12H2,1H3. The summed E-state index contributed by atoms with van der Waals surface area (Å²) in [5.74, 6) is 0. The smallest absolute Gasteiger partial charge is 0.0996 e. The van der Waals surface area contributed by atoms with E-state index in [9.17, 15) is 0 Å². The SMILES string of the molecule is CC(CI)(OCc1ccc(Br)cc1)c1ccccc1. The Morgan fingerprint density at radius 2 is 1.68 bits per heavy atom. The van der Waals surface area contributed by atoms with Crippen molar-refractivity contribution in [3.8, 4) is 0 Å². The van der Waals surface area contributed by atoms with Gasteiger partial charge in [0.1, 0.15) is 0 Å². The molecule has 0 spiro atoms. The molecule has 2 rings (SSSR count). The zero-order chi connectivity index (χ0) is 13.7. The maximum atomic E-state index is 6.17. The minimum Gasteiger partial charge on any atom is -0.365 e. The van der Waals surface area contributed by atoms with Crippen LogP contribution in [-0.2, 0) is 16.9 Å². The number of hydrogen-bond donors (Lipinski definition) is 0. The third kappa shape index (κ3) is 4.04. The van der Waals surface area contributed by atoms with E-state index in [0.29, 0.717) is 6.61 Å². The van der Waals surface area contributed by atoms with Gasteiger partial charge in [-0.15, -0.1) is 0 Å². The van der Waals surface area contributed by atoms with Crippen LogP contribution in [-0.4, -0.2) is 4.43 Å². The molecule has 0 heterocycles. The lowest BCUT2D eigenvalue weighted by molar-refractivity contribution is -0.0275. The van der Waals surface area contributed by atoms with Gasteiger partial charge < -0.3 is 4.74 Å². The summed E-state index contributed by atoms with van der Waals surface area (Å²) in [4.78, 5) is 0. The Kier molecular flexibility index (Phi) is 5.42. The van der Waals surface area contributed by atoms with E-state index in [1.807, 2.05) is 18.2 Å². The van der Waals surface area contributed by atoms with Crippen LogP contribution in [0.5, 0.6) is 0 Å². The molecule has 0 amide bonds. The Hall–Kier alpha value is -0.390. The molecule has 0 saturated heterocycles. The van der Waals surface area contributed by atoms with Crippen LogP contribution in [0, 0.1) is 0 Å². The molecule has 1 nitrogen and oxygen atoms in total. The number of ether oxygens (including phenoxy) is 1. The molecule has 0 N–H and O–H groups in total. The fourth-order valence-corrected chi connectivity index (χ4v) is 2.74. The highest BCUT2D eigenvalue weighted by molar-refractivity contribution is 14.1. The quantitative estimate of drug-likeness (QED) is 0.461. The average Bonchev–Trinajstić information content (AvgIpc) is 2.47. The van der Waals surface area contributed by atoms with Gasteiger partial charge in [0.05, 0.1) is 12.2 Å². The molecular formula is C16H16BrIO. The molecule has 3 heteroatoms. The van der Waals surface area contributed by atoms with Crippen molar-refractivity contribution in [1.82, 2.24) is 0 Å². The molecule has 0 bridgehead atoms. The summed E-state index contributed by atoms with van der Waals surface area (Å²) in [6.07, 6.45) is 0. The first kappa shape index (κ1) is 15.0. The van der Waals surface area contributed by atoms with Gasteiger partial charge in [0.25, 0.3) is 0 Å². The Morgan fingerprint density at radius 3 is 2.26 bits per heavy atom. The van der Waals surface area contributed by atoms with E-state index in [2.05, 4.69) is 81.8 Å². The fourth-order valence-electron chi connectivity index (χ4n) is 1.81. The van der Waals surface area contributed by atoms with E-state index in [1.54, 1.807) is 0 Å². The van der Waals surface area contributed by atoms with E-state index in [-0.39, 0.29) is 5.60 Å². The highest BCUT2D eigenvalue weighted by Crippen LogP contribution is 2.29. The Labute approximate surface area is 136 Å². The molecule has 0 aliphatic rings. The number of rotatable bonds is 5. The summed E-state index contributed by atoms with van der Waals surface area (Å²) < 4.78 is 8.18. The molecule has 0 fully saturated rings. The van der Waals surface area contributed by atoms with Crippen LogP contribution < -0.4 is 0 Å². The van der Waals surface area contributed by atoms with E-state index in [1.165, 1.54) is 11.1 Å². The van der Waals surface area contributed by atoms with Crippen molar-refractivity contribution in [3.05, 3.63) is 70.2 Å². The van der Waals surface area contributed by atoms with Gasteiger partial charge >= 0.3 is 0 Å². The Morgan fingerprint density at radius 1 is 1.05 bits per heavy atom. The summed E-state index contributed by atoms with van der Waals surface area (Å²) in [6.45, 7) is 2.77. The van der Waals surface area contributed by atoms with Crippen LogP contribution in [0.25, 0.3) is 0 Å². The first-order valence-electron chi connectivity index (χ1n) is 6.14. The summed E-state index contributed by atoms with van der Waals surface area (Å²) in [7, 11) is 0. The molecule has 0 aromatic heterocycles. The maximum Gasteiger partial charge on any atom is 0.0996 e. The van der Waals surface area contributed by atoms with Crippen molar-refractivity contribution in [2.75, 3.05) is 4.43 Å². The zero-order valence-corrected chi connectivity index (χ0v) is 14.5. The van der Waals surface area contributed by atoms with Gasteiger partial charge in [-0.05, 0) is 30.2 Å². The normalized spacial score (nSPS) is 14.1. The maximum absolute atomic E-state index is 6.17. The third-order valence-corrected chi connectivity index (χ3v) is 5.09. The molecule has 1 unspecified atom stereocenters. The van der Waals surface area contributed by atoms with Gasteiger partial charge in [0.15, 0.2) is 0 Å². The molecular weight excluding hydrogens is 415 g/mol. The second-order valence-corrected chi connectivity index (χ2v) is 6.32. The lowest BCUT2D eigenvalue weighted by Gasteiger charge is -2.28. The minimum absolute atomic E-state index is 0.241. The van der Waals surface area contributed by atoms with Gasteiger partial charge in [-0.1, -0.05) is 81.0 Å². The predicted octanol–water partition coefficient (Wildman–Crippen LogP) is 5.32. The van der Waals surface area contributed by atoms with Crippen molar-refractivity contribution in [3.63, 3.8) is 0 Å². The molecule has 0 saturated carbocycles. The van der Waals surface area contributed by atoms with Gasteiger partial charge in [-0.3, -0.25) is 0 Å². The first-order valence-corrected chi connectivity index (χ1v) is 8.46. The van der Waals surface area contributed by atoms with Crippen LogP contribution >= 0.6 is 38.5 Å². The first-order chi connectivity index (χ1) is 9.14. The lowest BCUT2D eigenvalue weighted by atomic mass is 9.98. The van der Waals surface area contributed by atoms with Crippen molar-refractivity contribution < 1.29 is 4.74 Å². The molecule has 0 aliphatic carbocycles. The van der Waals surface area contributed by atoms with Crippen LogP contribution in [0.3, 0.4) is 0 Å². The second kappa shape index (κ2) is 6.86. The molecule has 0 aliphatic heterocycles. The molecule has 1 atom stereocenters. The lowest BCUT2D eigenvalue weighted by Crippen LogP contribution is -2.27. The van der Waals surface area contributed by atoms with Crippen molar-refractivity contribution in [2.24, 2.45) is 0 Å². The molecule has 2 aromatic rings. The van der Waals surface area contributed by atoms with Crippen molar-refractivity contribution in [2.45, 2.75) is 19.1 Å². The summed E-state index contributed by atoms with van der Waals surface area (Å²) in [5.41, 5.74) is 2.17. The number of hydrogen-bond acceptors (Lipinski definition) is 1. The highest BCUT2D eigenvalue weighted by atomic mass is 127. The van der Waals surface area contributed by atoms with E-state index < -0.39 is 0 Å². The summed E-state index contributed by atoms with van der Waals surface area (Å²) in [6, 6.07) is 18.7. The van der Waals surface area contributed by atoms with Gasteiger partial charge in [0, 0.05) is 8.90 Å². The molecule has 0 radical (unpaired) electrons. The minimum atomic E-state index is -0.241. The monoisotopic (exact) mass is 430 g/mol. The van der Waals surface area contributed by atoms with Crippen LogP contribution in [0.15, 0.2) is 59.1 Å².